The van der Waals surface area contributed by atoms with Gasteiger partial charge in [-0.3, -0.25) is 14.9 Å². The number of amides is 1. The van der Waals surface area contributed by atoms with Crippen molar-refractivity contribution < 1.29 is 19.6 Å². The number of carbonyl (C=O) groups excluding carboxylic acids is 1. The zero-order valence-electron chi connectivity index (χ0n) is 12.3. The van der Waals surface area contributed by atoms with Crippen LogP contribution in [0.4, 0.5) is 5.69 Å². The molecule has 0 radical (unpaired) electrons. The average Bonchev–Trinajstić information content (AvgIpc) is 2.32. The summed E-state index contributed by atoms with van der Waals surface area (Å²) in [6, 6.07) is 3.20. The Morgan fingerprint density at radius 2 is 1.90 bits per heavy atom. The molecule has 0 fully saturated rings. The second-order valence-electron chi connectivity index (χ2n) is 5.84. The maximum atomic E-state index is 12.2. The van der Waals surface area contributed by atoms with Crippen LogP contribution >= 0.6 is 0 Å². The normalized spacial score (nSPS) is 12.6. The maximum absolute atomic E-state index is 12.2. The Balaban J connectivity index is 3.19. The predicted molar refractivity (Wildman–Crippen MR) is 76.2 cm³/mol. The van der Waals surface area contributed by atoms with Crippen LogP contribution in [0.2, 0.25) is 0 Å². The summed E-state index contributed by atoms with van der Waals surface area (Å²) >= 11 is 0. The van der Waals surface area contributed by atoms with Crippen LogP contribution in [0, 0.1) is 22.5 Å². The molecule has 2 N–H and O–H groups in total. The summed E-state index contributed by atoms with van der Waals surface area (Å²) in [5.74, 6) is -1.96. The maximum Gasteiger partial charge on any atom is 0.326 e. The molecule has 1 aromatic carbocycles. The fourth-order valence-corrected chi connectivity index (χ4v) is 1.94. The minimum absolute atomic E-state index is 0.143. The standard InChI is InChI=1S/C14H18N2O5/c1-8-6-5-7-9(10(8)16(20)21)12(17)15-11(13(18)19)14(2,3)4/h5-7,11H,1-4H3,(H,15,17)(H,18,19). The molecule has 114 valence electrons. The molecule has 1 atom stereocenters. The quantitative estimate of drug-likeness (QED) is 0.653. The molecule has 0 aliphatic rings. The van der Waals surface area contributed by atoms with Gasteiger partial charge in [0.25, 0.3) is 11.6 Å². The summed E-state index contributed by atoms with van der Waals surface area (Å²) in [6.07, 6.45) is 0. The number of nitro groups is 1. The predicted octanol–water partition coefficient (Wildman–Crippen LogP) is 2.13. The lowest BCUT2D eigenvalue weighted by Gasteiger charge is -2.27. The molecule has 7 nitrogen and oxygen atoms in total. The van der Waals surface area contributed by atoms with Crippen molar-refractivity contribution in [3.8, 4) is 0 Å². The number of benzene rings is 1. The van der Waals surface area contributed by atoms with Crippen LogP contribution in [-0.2, 0) is 4.79 Å². The fraction of sp³-hybridized carbons (Fsp3) is 0.429. The third-order valence-corrected chi connectivity index (χ3v) is 3.05. The number of carbonyl (C=O) groups is 2. The van der Waals surface area contributed by atoms with Crippen LogP contribution in [0.1, 0.15) is 36.7 Å². The van der Waals surface area contributed by atoms with Crippen molar-refractivity contribution in [2.45, 2.75) is 33.7 Å². The van der Waals surface area contributed by atoms with Crippen LogP contribution in [0.5, 0.6) is 0 Å². The van der Waals surface area contributed by atoms with Gasteiger partial charge in [-0.2, -0.15) is 0 Å². The number of rotatable bonds is 4. The van der Waals surface area contributed by atoms with E-state index in [4.69, 9.17) is 0 Å². The Hall–Kier alpha value is -2.44. The van der Waals surface area contributed by atoms with E-state index in [-0.39, 0.29) is 11.3 Å². The highest BCUT2D eigenvalue weighted by Crippen LogP contribution is 2.25. The Kier molecular flexibility index (Phi) is 4.67. The molecule has 7 heteroatoms. The molecule has 1 amide bonds. The number of aryl methyl sites for hydroxylation is 1. The van der Waals surface area contributed by atoms with E-state index in [1.54, 1.807) is 20.8 Å². The van der Waals surface area contributed by atoms with Crippen molar-refractivity contribution in [2.75, 3.05) is 0 Å². The Morgan fingerprint density at radius 1 is 1.33 bits per heavy atom. The lowest BCUT2D eigenvalue weighted by atomic mass is 9.86. The number of carboxylic acids is 1. The van der Waals surface area contributed by atoms with Crippen LogP contribution in [0.15, 0.2) is 18.2 Å². The van der Waals surface area contributed by atoms with Gasteiger partial charge in [0.15, 0.2) is 0 Å². The topological polar surface area (TPSA) is 110 Å². The first-order chi connectivity index (χ1) is 9.55. The molecule has 0 aromatic heterocycles. The highest BCUT2D eigenvalue weighted by Gasteiger charge is 2.34. The van der Waals surface area contributed by atoms with Crippen molar-refractivity contribution in [1.29, 1.82) is 0 Å². The van der Waals surface area contributed by atoms with E-state index in [0.29, 0.717) is 5.56 Å². The zero-order chi connectivity index (χ0) is 16.4. The SMILES string of the molecule is Cc1cccc(C(=O)NC(C(=O)O)C(C)(C)C)c1[N+](=O)[O-]. The van der Waals surface area contributed by atoms with Crippen molar-refractivity contribution in [2.24, 2.45) is 5.41 Å². The number of nitro benzene ring substituents is 1. The molecule has 1 rings (SSSR count). The molecule has 0 spiro atoms. The van der Waals surface area contributed by atoms with Crippen LogP contribution < -0.4 is 5.32 Å². The van der Waals surface area contributed by atoms with Crippen molar-refractivity contribution >= 4 is 17.6 Å². The van der Waals surface area contributed by atoms with E-state index in [9.17, 15) is 24.8 Å². The Morgan fingerprint density at radius 3 is 2.33 bits per heavy atom. The minimum Gasteiger partial charge on any atom is -0.480 e. The number of aliphatic carboxylic acids is 1. The number of para-hydroxylation sites is 1. The van der Waals surface area contributed by atoms with Gasteiger partial charge in [-0.1, -0.05) is 32.9 Å². The van der Waals surface area contributed by atoms with Gasteiger partial charge >= 0.3 is 5.97 Å². The van der Waals surface area contributed by atoms with E-state index in [0.717, 1.165) is 0 Å². The van der Waals surface area contributed by atoms with Gasteiger partial charge in [0.1, 0.15) is 11.6 Å². The van der Waals surface area contributed by atoms with E-state index >= 15 is 0 Å². The average molecular weight is 294 g/mol. The zero-order valence-corrected chi connectivity index (χ0v) is 12.3. The molecule has 0 bridgehead atoms. The third kappa shape index (κ3) is 3.77. The van der Waals surface area contributed by atoms with E-state index in [1.807, 2.05) is 0 Å². The molecular formula is C14H18N2O5. The number of nitrogens with one attached hydrogen (secondary N) is 1. The first-order valence-electron chi connectivity index (χ1n) is 6.33. The van der Waals surface area contributed by atoms with Crippen molar-refractivity contribution in [1.82, 2.24) is 5.32 Å². The molecule has 0 aliphatic carbocycles. The molecule has 0 saturated heterocycles. The van der Waals surface area contributed by atoms with Gasteiger partial charge in [-0.25, -0.2) is 4.79 Å². The highest BCUT2D eigenvalue weighted by atomic mass is 16.6. The van der Waals surface area contributed by atoms with Gasteiger partial charge in [0.2, 0.25) is 0 Å². The highest BCUT2D eigenvalue weighted by molar-refractivity contribution is 6.00. The first kappa shape index (κ1) is 16.6. The van der Waals surface area contributed by atoms with Crippen molar-refractivity contribution in [3.05, 3.63) is 39.4 Å². The monoisotopic (exact) mass is 294 g/mol. The number of hydrogen-bond donors (Lipinski definition) is 2. The Labute approximate surface area is 122 Å². The first-order valence-corrected chi connectivity index (χ1v) is 6.33. The molecule has 1 unspecified atom stereocenters. The van der Waals surface area contributed by atoms with Gasteiger partial charge in [-0.05, 0) is 18.4 Å². The number of nitrogens with zero attached hydrogens (tertiary/aromatic N) is 1. The number of hydrogen-bond acceptors (Lipinski definition) is 4. The second-order valence-corrected chi connectivity index (χ2v) is 5.84. The molecular weight excluding hydrogens is 276 g/mol. The second kappa shape index (κ2) is 5.90. The van der Waals surface area contributed by atoms with Crippen LogP contribution in [0.25, 0.3) is 0 Å². The summed E-state index contributed by atoms with van der Waals surface area (Å²) in [7, 11) is 0. The molecule has 0 saturated carbocycles. The lowest BCUT2D eigenvalue weighted by Crippen LogP contribution is -2.49. The minimum atomic E-state index is -1.19. The molecule has 1 aromatic rings. The Bertz CT molecular complexity index is 590. The smallest absolute Gasteiger partial charge is 0.326 e. The van der Waals surface area contributed by atoms with Gasteiger partial charge in [-0.15, -0.1) is 0 Å². The molecule has 21 heavy (non-hydrogen) atoms. The summed E-state index contributed by atoms with van der Waals surface area (Å²) in [5, 5.41) is 22.6. The van der Waals surface area contributed by atoms with E-state index < -0.39 is 28.3 Å². The summed E-state index contributed by atoms with van der Waals surface area (Å²) in [4.78, 5) is 33.9. The van der Waals surface area contributed by atoms with Gasteiger partial charge in [0.05, 0.1) is 4.92 Å². The van der Waals surface area contributed by atoms with Crippen LogP contribution in [0.3, 0.4) is 0 Å². The van der Waals surface area contributed by atoms with Crippen molar-refractivity contribution in [3.63, 3.8) is 0 Å². The largest absolute Gasteiger partial charge is 0.480 e. The fourth-order valence-electron chi connectivity index (χ4n) is 1.94. The van der Waals surface area contributed by atoms with Crippen LogP contribution in [-0.4, -0.2) is 27.9 Å². The third-order valence-electron chi connectivity index (χ3n) is 3.05. The van der Waals surface area contributed by atoms with E-state index in [2.05, 4.69) is 5.32 Å². The summed E-state index contributed by atoms with van der Waals surface area (Å²) in [6.45, 7) is 6.51. The summed E-state index contributed by atoms with van der Waals surface area (Å²) in [5.41, 5.74) is -0.834. The summed E-state index contributed by atoms with van der Waals surface area (Å²) < 4.78 is 0. The molecule has 0 heterocycles. The lowest BCUT2D eigenvalue weighted by molar-refractivity contribution is -0.385. The number of carboxylic acid groups (broad SMARTS) is 1. The van der Waals surface area contributed by atoms with E-state index in [1.165, 1.54) is 25.1 Å². The van der Waals surface area contributed by atoms with Gasteiger partial charge < -0.3 is 10.4 Å². The molecule has 0 aliphatic heterocycles. The van der Waals surface area contributed by atoms with Gasteiger partial charge in [0, 0.05) is 5.56 Å².